The highest BCUT2D eigenvalue weighted by molar-refractivity contribution is 5.89. The van der Waals surface area contributed by atoms with Crippen LogP contribution in [0.5, 0.6) is 5.75 Å². The SMILES string of the molecule is COC(=O)Cc1cc(NC(C)=O)ccc1O. The molecule has 5 nitrogen and oxygen atoms in total. The maximum atomic E-state index is 11.0. The molecule has 0 atom stereocenters. The fourth-order valence-electron chi connectivity index (χ4n) is 1.24. The molecular weight excluding hydrogens is 210 g/mol. The van der Waals surface area contributed by atoms with Crippen LogP contribution >= 0.6 is 0 Å². The van der Waals surface area contributed by atoms with E-state index in [0.29, 0.717) is 11.3 Å². The molecule has 0 radical (unpaired) electrons. The van der Waals surface area contributed by atoms with Crippen molar-refractivity contribution in [3.05, 3.63) is 23.8 Å². The van der Waals surface area contributed by atoms with Crippen LogP contribution in [0.25, 0.3) is 0 Å². The summed E-state index contributed by atoms with van der Waals surface area (Å²) in [6.07, 6.45) is -0.0320. The van der Waals surface area contributed by atoms with Crippen molar-refractivity contribution in [3.8, 4) is 5.75 Å². The van der Waals surface area contributed by atoms with E-state index in [1.54, 1.807) is 6.07 Å². The molecule has 0 aromatic heterocycles. The number of carbonyl (C=O) groups excluding carboxylic acids is 2. The molecule has 1 aromatic rings. The summed E-state index contributed by atoms with van der Waals surface area (Å²) in [5, 5.41) is 12.1. The Labute approximate surface area is 93.0 Å². The monoisotopic (exact) mass is 223 g/mol. The van der Waals surface area contributed by atoms with Crippen LogP contribution in [-0.4, -0.2) is 24.1 Å². The van der Waals surface area contributed by atoms with Gasteiger partial charge in [0.2, 0.25) is 5.91 Å². The second-order valence-electron chi connectivity index (χ2n) is 3.28. The summed E-state index contributed by atoms with van der Waals surface area (Å²) in [5.41, 5.74) is 0.947. The van der Waals surface area contributed by atoms with Crippen molar-refractivity contribution in [3.63, 3.8) is 0 Å². The number of carbonyl (C=O) groups is 2. The van der Waals surface area contributed by atoms with E-state index < -0.39 is 5.97 Å². The van der Waals surface area contributed by atoms with E-state index >= 15 is 0 Å². The maximum absolute atomic E-state index is 11.0. The Kier molecular flexibility index (Phi) is 3.88. The van der Waals surface area contributed by atoms with Gasteiger partial charge in [0, 0.05) is 18.2 Å². The van der Waals surface area contributed by atoms with Gasteiger partial charge in [-0.15, -0.1) is 0 Å². The van der Waals surface area contributed by atoms with Gasteiger partial charge in [0.05, 0.1) is 13.5 Å². The number of ether oxygens (including phenoxy) is 1. The number of anilines is 1. The van der Waals surface area contributed by atoms with E-state index in [2.05, 4.69) is 10.1 Å². The molecule has 1 rings (SSSR count). The van der Waals surface area contributed by atoms with Crippen LogP contribution in [0.15, 0.2) is 18.2 Å². The molecule has 0 spiro atoms. The molecule has 0 unspecified atom stereocenters. The number of nitrogens with one attached hydrogen (secondary N) is 1. The Balaban J connectivity index is 2.90. The molecule has 0 saturated heterocycles. The number of benzene rings is 1. The number of phenolic OH excluding ortho intramolecular Hbond substituents is 1. The molecular formula is C11H13NO4. The summed E-state index contributed by atoms with van der Waals surface area (Å²) in [6.45, 7) is 1.38. The maximum Gasteiger partial charge on any atom is 0.310 e. The van der Waals surface area contributed by atoms with Gasteiger partial charge in [-0.05, 0) is 18.2 Å². The van der Waals surface area contributed by atoms with Crippen LogP contribution < -0.4 is 5.32 Å². The van der Waals surface area contributed by atoms with Crippen molar-refractivity contribution in [2.75, 3.05) is 12.4 Å². The first kappa shape index (κ1) is 12.0. The highest BCUT2D eigenvalue weighted by Gasteiger charge is 2.09. The van der Waals surface area contributed by atoms with Crippen LogP contribution in [-0.2, 0) is 20.7 Å². The third-order valence-corrected chi connectivity index (χ3v) is 1.96. The van der Waals surface area contributed by atoms with Crippen molar-refractivity contribution in [1.82, 2.24) is 0 Å². The predicted molar refractivity (Wildman–Crippen MR) is 58.1 cm³/mol. The number of phenols is 1. The molecule has 0 saturated carbocycles. The van der Waals surface area contributed by atoms with Crippen molar-refractivity contribution in [2.24, 2.45) is 0 Å². The van der Waals surface area contributed by atoms with Crippen molar-refractivity contribution < 1.29 is 19.4 Å². The minimum absolute atomic E-state index is 0.000461. The van der Waals surface area contributed by atoms with Crippen molar-refractivity contribution in [1.29, 1.82) is 0 Å². The van der Waals surface area contributed by atoms with Gasteiger partial charge >= 0.3 is 5.97 Å². The first-order valence-corrected chi connectivity index (χ1v) is 4.69. The minimum atomic E-state index is -0.449. The van der Waals surface area contributed by atoms with E-state index in [4.69, 9.17) is 0 Å². The lowest BCUT2D eigenvalue weighted by Crippen LogP contribution is -2.08. The summed E-state index contributed by atoms with van der Waals surface area (Å²) in [7, 11) is 1.27. The lowest BCUT2D eigenvalue weighted by Gasteiger charge is -2.07. The smallest absolute Gasteiger partial charge is 0.310 e. The number of rotatable bonds is 3. The molecule has 5 heteroatoms. The van der Waals surface area contributed by atoms with E-state index in [-0.39, 0.29) is 18.1 Å². The average molecular weight is 223 g/mol. The molecule has 0 fully saturated rings. The number of esters is 1. The second-order valence-corrected chi connectivity index (χ2v) is 3.28. The highest BCUT2D eigenvalue weighted by atomic mass is 16.5. The first-order chi connectivity index (χ1) is 7.52. The summed E-state index contributed by atoms with van der Waals surface area (Å²) in [5.74, 6) is -0.663. The van der Waals surface area contributed by atoms with Gasteiger partial charge in [-0.2, -0.15) is 0 Å². The highest BCUT2D eigenvalue weighted by Crippen LogP contribution is 2.22. The van der Waals surface area contributed by atoms with Gasteiger partial charge in [0.15, 0.2) is 0 Å². The van der Waals surface area contributed by atoms with Gasteiger partial charge in [0.1, 0.15) is 5.75 Å². The van der Waals surface area contributed by atoms with Crippen LogP contribution in [0.4, 0.5) is 5.69 Å². The summed E-state index contributed by atoms with van der Waals surface area (Å²) in [6, 6.07) is 4.51. The Hall–Kier alpha value is -2.04. The Morgan fingerprint density at radius 1 is 1.44 bits per heavy atom. The second kappa shape index (κ2) is 5.16. The number of aromatic hydroxyl groups is 1. The summed E-state index contributed by atoms with van der Waals surface area (Å²) >= 11 is 0. The van der Waals surface area contributed by atoms with E-state index in [9.17, 15) is 14.7 Å². The molecule has 2 N–H and O–H groups in total. The number of hydrogen-bond donors (Lipinski definition) is 2. The van der Waals surface area contributed by atoms with Crippen molar-refractivity contribution in [2.45, 2.75) is 13.3 Å². The predicted octanol–water partition coefficient (Wildman–Crippen LogP) is 1.07. The lowest BCUT2D eigenvalue weighted by atomic mass is 10.1. The minimum Gasteiger partial charge on any atom is -0.508 e. The van der Waals surface area contributed by atoms with Crippen molar-refractivity contribution >= 4 is 17.6 Å². The Morgan fingerprint density at radius 2 is 2.12 bits per heavy atom. The molecule has 1 amide bonds. The van der Waals surface area contributed by atoms with Crippen LogP contribution in [0.2, 0.25) is 0 Å². The number of methoxy groups -OCH3 is 1. The van der Waals surface area contributed by atoms with Gasteiger partial charge in [0.25, 0.3) is 0 Å². The van der Waals surface area contributed by atoms with Gasteiger partial charge in [-0.3, -0.25) is 9.59 Å². The average Bonchev–Trinajstić information content (AvgIpc) is 2.22. The fraction of sp³-hybridized carbons (Fsp3) is 0.273. The van der Waals surface area contributed by atoms with Crippen LogP contribution in [0, 0.1) is 0 Å². The Morgan fingerprint density at radius 3 is 2.69 bits per heavy atom. The molecule has 0 heterocycles. The number of hydrogen-bond acceptors (Lipinski definition) is 4. The topological polar surface area (TPSA) is 75.6 Å². The van der Waals surface area contributed by atoms with E-state index in [0.717, 1.165) is 0 Å². The fourth-order valence-corrected chi connectivity index (χ4v) is 1.24. The molecule has 86 valence electrons. The largest absolute Gasteiger partial charge is 0.508 e. The third-order valence-electron chi connectivity index (χ3n) is 1.96. The van der Waals surface area contributed by atoms with Gasteiger partial charge in [-0.25, -0.2) is 0 Å². The van der Waals surface area contributed by atoms with Gasteiger partial charge in [-0.1, -0.05) is 0 Å². The summed E-state index contributed by atoms with van der Waals surface area (Å²) < 4.78 is 4.49. The zero-order chi connectivity index (χ0) is 12.1. The molecule has 1 aromatic carbocycles. The molecule has 0 aliphatic rings. The number of amides is 1. The van der Waals surface area contributed by atoms with E-state index in [1.807, 2.05) is 0 Å². The molecule has 0 aliphatic carbocycles. The molecule has 0 aliphatic heterocycles. The van der Waals surface area contributed by atoms with E-state index in [1.165, 1.54) is 26.2 Å². The third kappa shape index (κ3) is 3.27. The van der Waals surface area contributed by atoms with Crippen LogP contribution in [0.3, 0.4) is 0 Å². The molecule has 0 bridgehead atoms. The standard InChI is InChI=1S/C11H13NO4/c1-7(13)12-9-3-4-10(14)8(5-9)6-11(15)16-2/h3-5,14H,6H2,1-2H3,(H,12,13). The quantitative estimate of drug-likeness (QED) is 0.593. The Bertz CT molecular complexity index is 414. The normalized spacial score (nSPS) is 9.62. The molecule has 16 heavy (non-hydrogen) atoms. The van der Waals surface area contributed by atoms with Crippen LogP contribution in [0.1, 0.15) is 12.5 Å². The zero-order valence-electron chi connectivity index (χ0n) is 9.11. The zero-order valence-corrected chi connectivity index (χ0v) is 9.11. The van der Waals surface area contributed by atoms with Gasteiger partial charge < -0.3 is 15.2 Å². The summed E-state index contributed by atoms with van der Waals surface area (Å²) in [4.78, 5) is 21.9. The lowest BCUT2D eigenvalue weighted by molar-refractivity contribution is -0.139. The first-order valence-electron chi connectivity index (χ1n) is 4.69.